The van der Waals surface area contributed by atoms with Gasteiger partial charge in [-0.2, -0.15) is 0 Å². The lowest BCUT2D eigenvalue weighted by molar-refractivity contribution is -0.130. The number of rotatable bonds is 7. The molecule has 0 N–H and O–H groups in total. The lowest BCUT2D eigenvalue weighted by Crippen LogP contribution is -2.31. The Kier molecular flexibility index (Phi) is 6.07. The van der Waals surface area contributed by atoms with Gasteiger partial charge in [0.1, 0.15) is 11.9 Å². The summed E-state index contributed by atoms with van der Waals surface area (Å²) < 4.78 is 11.4. The minimum absolute atomic E-state index is 0.0860. The lowest BCUT2D eigenvalue weighted by atomic mass is 10.1. The molecule has 0 aromatic heterocycles. The highest BCUT2D eigenvalue weighted by Crippen LogP contribution is 2.23. The molecule has 0 bridgehead atoms. The number of nitrogens with zero attached hydrogens (tertiary/aromatic N) is 1. The van der Waals surface area contributed by atoms with Gasteiger partial charge in [-0.05, 0) is 18.6 Å². The van der Waals surface area contributed by atoms with Crippen molar-refractivity contribution in [3.05, 3.63) is 65.7 Å². The van der Waals surface area contributed by atoms with E-state index in [0.29, 0.717) is 26.1 Å². The second-order valence-corrected chi connectivity index (χ2v) is 6.28. The summed E-state index contributed by atoms with van der Waals surface area (Å²) in [7, 11) is 0. The van der Waals surface area contributed by atoms with Crippen LogP contribution in [0.15, 0.2) is 54.6 Å². The van der Waals surface area contributed by atoms with Crippen LogP contribution in [0.5, 0.6) is 5.75 Å². The van der Waals surface area contributed by atoms with Crippen molar-refractivity contribution in [1.82, 2.24) is 4.90 Å². The summed E-state index contributed by atoms with van der Waals surface area (Å²) in [6.07, 6.45) is 1.34. The molecule has 1 atom stereocenters. The smallest absolute Gasteiger partial charge is 0.227 e. The zero-order valence-corrected chi connectivity index (χ0v) is 14.7. The summed E-state index contributed by atoms with van der Waals surface area (Å²) >= 11 is 0. The maximum Gasteiger partial charge on any atom is 0.227 e. The lowest BCUT2D eigenvalue weighted by Gasteiger charge is -2.22. The fourth-order valence-electron chi connectivity index (χ4n) is 3.01. The summed E-state index contributed by atoms with van der Waals surface area (Å²) in [6.45, 7) is 4.70. The van der Waals surface area contributed by atoms with E-state index in [1.807, 2.05) is 66.4 Å². The average Bonchev–Trinajstić information content (AvgIpc) is 3.15. The SMILES string of the molecule is CCN(Cc1ccccc1)C(=O)Cc1ccccc1OC1CCOC1. The second-order valence-electron chi connectivity index (χ2n) is 6.28. The third kappa shape index (κ3) is 4.83. The van der Waals surface area contributed by atoms with Gasteiger partial charge < -0.3 is 14.4 Å². The standard InChI is InChI=1S/C21H25NO3/c1-2-22(15-17-8-4-3-5-9-17)21(23)14-18-10-6-7-11-20(18)25-19-12-13-24-16-19/h3-11,19H,2,12-16H2,1H3. The molecule has 0 spiro atoms. The van der Waals surface area contributed by atoms with E-state index < -0.39 is 0 Å². The van der Waals surface area contributed by atoms with Gasteiger partial charge in [-0.25, -0.2) is 0 Å². The molecule has 1 unspecified atom stereocenters. The third-order valence-corrected chi connectivity index (χ3v) is 4.45. The number of hydrogen-bond donors (Lipinski definition) is 0. The number of ether oxygens (including phenoxy) is 2. The van der Waals surface area contributed by atoms with Crippen LogP contribution in [0.4, 0.5) is 0 Å². The van der Waals surface area contributed by atoms with Crippen LogP contribution in [-0.2, 0) is 22.5 Å². The van der Waals surface area contributed by atoms with Gasteiger partial charge in [0.2, 0.25) is 5.91 Å². The molecule has 25 heavy (non-hydrogen) atoms. The van der Waals surface area contributed by atoms with Crippen LogP contribution in [-0.4, -0.2) is 36.7 Å². The summed E-state index contributed by atoms with van der Waals surface area (Å²) in [5.74, 6) is 0.909. The maximum atomic E-state index is 12.8. The Bertz CT molecular complexity index is 681. The third-order valence-electron chi connectivity index (χ3n) is 4.45. The highest BCUT2D eigenvalue weighted by molar-refractivity contribution is 5.79. The molecule has 0 radical (unpaired) electrons. The minimum atomic E-state index is 0.0860. The molecule has 1 fully saturated rings. The van der Waals surface area contributed by atoms with Crippen LogP contribution in [0.1, 0.15) is 24.5 Å². The largest absolute Gasteiger partial charge is 0.488 e. The molecular formula is C21H25NO3. The predicted octanol–water partition coefficient (Wildman–Crippen LogP) is 3.45. The van der Waals surface area contributed by atoms with Crippen LogP contribution in [0, 0.1) is 0 Å². The van der Waals surface area contributed by atoms with E-state index in [9.17, 15) is 4.79 Å². The summed E-state index contributed by atoms with van der Waals surface area (Å²) in [5.41, 5.74) is 2.08. The summed E-state index contributed by atoms with van der Waals surface area (Å²) in [6, 6.07) is 17.9. The van der Waals surface area contributed by atoms with Gasteiger partial charge in [0.25, 0.3) is 0 Å². The molecular weight excluding hydrogens is 314 g/mol. The van der Waals surface area contributed by atoms with Gasteiger partial charge in [-0.15, -0.1) is 0 Å². The van der Waals surface area contributed by atoms with E-state index in [-0.39, 0.29) is 12.0 Å². The van der Waals surface area contributed by atoms with Gasteiger partial charge in [-0.3, -0.25) is 4.79 Å². The fraction of sp³-hybridized carbons (Fsp3) is 0.381. The maximum absolute atomic E-state index is 12.8. The molecule has 4 nitrogen and oxygen atoms in total. The van der Waals surface area contributed by atoms with Gasteiger partial charge in [0, 0.05) is 25.1 Å². The number of likely N-dealkylation sites (N-methyl/N-ethyl adjacent to an activating group) is 1. The summed E-state index contributed by atoms with van der Waals surface area (Å²) in [4.78, 5) is 14.7. The van der Waals surface area contributed by atoms with Crippen molar-refractivity contribution in [3.63, 3.8) is 0 Å². The van der Waals surface area contributed by atoms with Crippen LogP contribution >= 0.6 is 0 Å². The Morgan fingerprint density at radius 3 is 2.64 bits per heavy atom. The van der Waals surface area contributed by atoms with E-state index in [2.05, 4.69) is 0 Å². The van der Waals surface area contributed by atoms with Crippen molar-refractivity contribution in [2.45, 2.75) is 32.4 Å². The molecule has 3 rings (SSSR count). The van der Waals surface area contributed by atoms with Gasteiger partial charge in [-0.1, -0.05) is 48.5 Å². The van der Waals surface area contributed by atoms with E-state index in [1.165, 1.54) is 0 Å². The van der Waals surface area contributed by atoms with Crippen molar-refractivity contribution >= 4 is 5.91 Å². The Balaban J connectivity index is 1.66. The van der Waals surface area contributed by atoms with Crippen molar-refractivity contribution < 1.29 is 14.3 Å². The van der Waals surface area contributed by atoms with E-state index >= 15 is 0 Å². The Morgan fingerprint density at radius 2 is 1.92 bits per heavy atom. The molecule has 1 amide bonds. The molecule has 2 aromatic carbocycles. The number of amides is 1. The fourth-order valence-corrected chi connectivity index (χ4v) is 3.01. The van der Waals surface area contributed by atoms with Crippen molar-refractivity contribution in [2.75, 3.05) is 19.8 Å². The zero-order valence-electron chi connectivity index (χ0n) is 14.7. The molecule has 4 heteroatoms. The topological polar surface area (TPSA) is 38.8 Å². The minimum Gasteiger partial charge on any atom is -0.488 e. The van der Waals surface area contributed by atoms with Crippen LogP contribution in [0.2, 0.25) is 0 Å². The Morgan fingerprint density at radius 1 is 1.16 bits per heavy atom. The molecule has 132 valence electrons. The van der Waals surface area contributed by atoms with Crippen molar-refractivity contribution in [2.24, 2.45) is 0 Å². The molecule has 0 saturated carbocycles. The van der Waals surface area contributed by atoms with E-state index in [4.69, 9.17) is 9.47 Å². The highest BCUT2D eigenvalue weighted by Gasteiger charge is 2.20. The highest BCUT2D eigenvalue weighted by atomic mass is 16.5. The number of benzene rings is 2. The second kappa shape index (κ2) is 8.67. The number of carbonyl (C=O) groups excluding carboxylic acids is 1. The van der Waals surface area contributed by atoms with Crippen LogP contribution in [0.3, 0.4) is 0 Å². The molecule has 1 aliphatic rings. The van der Waals surface area contributed by atoms with Crippen LogP contribution < -0.4 is 4.74 Å². The molecule has 1 saturated heterocycles. The predicted molar refractivity (Wildman–Crippen MR) is 97.5 cm³/mol. The normalized spacial score (nSPS) is 16.6. The van der Waals surface area contributed by atoms with Gasteiger partial charge >= 0.3 is 0 Å². The quantitative estimate of drug-likeness (QED) is 0.775. The van der Waals surface area contributed by atoms with Crippen LogP contribution in [0.25, 0.3) is 0 Å². The molecule has 1 aliphatic heterocycles. The summed E-state index contributed by atoms with van der Waals surface area (Å²) in [5, 5.41) is 0. The van der Waals surface area contributed by atoms with Gasteiger partial charge in [0.05, 0.1) is 19.6 Å². The first-order chi connectivity index (χ1) is 12.3. The first-order valence-electron chi connectivity index (χ1n) is 8.90. The van der Waals surface area contributed by atoms with E-state index in [1.54, 1.807) is 0 Å². The zero-order chi connectivity index (χ0) is 17.5. The molecule has 0 aliphatic carbocycles. The number of carbonyl (C=O) groups is 1. The molecule has 1 heterocycles. The first-order valence-corrected chi connectivity index (χ1v) is 8.90. The Hall–Kier alpha value is -2.33. The Labute approximate surface area is 149 Å². The first kappa shape index (κ1) is 17.5. The van der Waals surface area contributed by atoms with Crippen molar-refractivity contribution in [3.8, 4) is 5.75 Å². The monoisotopic (exact) mass is 339 g/mol. The number of para-hydroxylation sites is 1. The van der Waals surface area contributed by atoms with Crippen molar-refractivity contribution in [1.29, 1.82) is 0 Å². The number of hydrogen-bond acceptors (Lipinski definition) is 3. The molecule has 2 aromatic rings. The van der Waals surface area contributed by atoms with Gasteiger partial charge in [0.15, 0.2) is 0 Å². The van der Waals surface area contributed by atoms with E-state index in [0.717, 1.165) is 29.9 Å². The average molecular weight is 339 g/mol.